The molecule has 4 rings (SSSR count). The van der Waals surface area contributed by atoms with Gasteiger partial charge >= 0.3 is 0 Å². The Hall–Kier alpha value is -2.77. The maximum atomic E-state index is 13.3. The first-order valence-corrected chi connectivity index (χ1v) is 10.8. The summed E-state index contributed by atoms with van der Waals surface area (Å²) in [7, 11) is 0. The molecule has 0 spiro atoms. The molecule has 2 atom stereocenters. The Labute approximate surface area is 182 Å². The zero-order valence-corrected chi connectivity index (χ0v) is 17.5. The molecule has 0 unspecified atom stereocenters. The minimum Gasteiger partial charge on any atom is -0.378 e. The van der Waals surface area contributed by atoms with Crippen LogP contribution in [0.3, 0.4) is 0 Å². The number of hydrogen-bond acceptors (Lipinski definition) is 4. The lowest BCUT2D eigenvalue weighted by Crippen LogP contribution is -2.50. The fraction of sp³-hybridized carbons (Fsp3) is 0.417. The number of nitrogens with one attached hydrogen (secondary N) is 1. The van der Waals surface area contributed by atoms with E-state index in [-0.39, 0.29) is 23.5 Å². The van der Waals surface area contributed by atoms with Crippen LogP contribution < -0.4 is 5.32 Å². The lowest BCUT2D eigenvalue weighted by molar-refractivity contribution is -0.142. The third kappa shape index (κ3) is 5.29. The molecule has 0 bridgehead atoms. The fourth-order valence-electron chi connectivity index (χ4n) is 4.39. The molecule has 2 aliphatic rings. The maximum absolute atomic E-state index is 13.3. The summed E-state index contributed by atoms with van der Waals surface area (Å²) in [5, 5.41) is 2.91. The smallest absolute Gasteiger partial charge is 0.246 e. The van der Waals surface area contributed by atoms with E-state index in [2.05, 4.69) is 10.2 Å². The van der Waals surface area contributed by atoms with Gasteiger partial charge in [-0.15, -0.1) is 0 Å². The van der Waals surface area contributed by atoms with E-state index in [9.17, 15) is 14.0 Å². The van der Waals surface area contributed by atoms with Crippen LogP contribution >= 0.6 is 0 Å². The number of amides is 2. The van der Waals surface area contributed by atoms with Crippen LogP contribution in [0.5, 0.6) is 0 Å². The minimum absolute atomic E-state index is 0.128. The zero-order valence-electron chi connectivity index (χ0n) is 17.5. The van der Waals surface area contributed by atoms with Gasteiger partial charge in [0.2, 0.25) is 11.8 Å². The number of likely N-dealkylation sites (tertiary alicyclic amines) is 1. The molecule has 2 heterocycles. The van der Waals surface area contributed by atoms with Crippen molar-refractivity contribution in [3.8, 4) is 0 Å². The first kappa shape index (κ1) is 21.5. The molecule has 0 aromatic heterocycles. The van der Waals surface area contributed by atoms with E-state index in [0.29, 0.717) is 38.5 Å². The number of rotatable bonds is 5. The second kappa shape index (κ2) is 10.0. The number of carbonyl (C=O) groups is 2. The third-order valence-corrected chi connectivity index (χ3v) is 5.97. The van der Waals surface area contributed by atoms with Gasteiger partial charge in [-0.25, -0.2) is 4.39 Å². The molecule has 6 nitrogen and oxygen atoms in total. The van der Waals surface area contributed by atoms with Gasteiger partial charge in [-0.3, -0.25) is 14.5 Å². The van der Waals surface area contributed by atoms with Crippen molar-refractivity contribution in [3.05, 3.63) is 66.0 Å². The highest BCUT2D eigenvalue weighted by Gasteiger charge is 2.36. The standard InChI is InChI=1S/C24H28FN3O3/c25-20-8-10-21(11-9-20)26-23(29)22(18-5-2-1-3-6-18)28-12-4-7-19(17-28)24(30)27-13-15-31-16-14-27/h1-3,5-6,8-11,19,22H,4,7,12-17H2,(H,26,29)/t19-,22+/m0/s1. The summed E-state index contributed by atoms with van der Waals surface area (Å²) in [6, 6.07) is 14.8. The Bertz CT molecular complexity index is 885. The van der Waals surface area contributed by atoms with Gasteiger partial charge < -0.3 is 15.0 Å². The van der Waals surface area contributed by atoms with E-state index in [1.807, 2.05) is 35.2 Å². The van der Waals surface area contributed by atoms with Crippen LogP contribution in [0, 0.1) is 11.7 Å². The fourth-order valence-corrected chi connectivity index (χ4v) is 4.39. The minimum atomic E-state index is -0.522. The highest BCUT2D eigenvalue weighted by Crippen LogP contribution is 2.29. The van der Waals surface area contributed by atoms with E-state index in [0.717, 1.165) is 24.9 Å². The van der Waals surface area contributed by atoms with E-state index < -0.39 is 6.04 Å². The SMILES string of the molecule is O=C(Nc1ccc(F)cc1)[C@@H](c1ccccc1)N1CCC[C@H](C(=O)N2CCOCC2)C1. The number of carbonyl (C=O) groups excluding carboxylic acids is 2. The first-order valence-electron chi connectivity index (χ1n) is 10.8. The second-order valence-electron chi connectivity index (χ2n) is 8.08. The van der Waals surface area contributed by atoms with Crippen LogP contribution in [0.4, 0.5) is 10.1 Å². The van der Waals surface area contributed by atoms with Crippen molar-refractivity contribution < 1.29 is 18.7 Å². The summed E-state index contributed by atoms with van der Waals surface area (Å²) >= 11 is 0. The molecule has 0 saturated carbocycles. The Balaban J connectivity index is 1.52. The highest BCUT2D eigenvalue weighted by molar-refractivity contribution is 5.95. The summed E-state index contributed by atoms with van der Waals surface area (Å²) in [5.74, 6) is -0.508. The summed E-state index contributed by atoms with van der Waals surface area (Å²) in [6.07, 6.45) is 1.68. The van der Waals surface area contributed by atoms with Crippen LogP contribution in [-0.2, 0) is 14.3 Å². The van der Waals surface area contributed by atoms with E-state index in [1.54, 1.807) is 12.1 Å². The molecule has 2 aromatic rings. The molecule has 2 fully saturated rings. The monoisotopic (exact) mass is 425 g/mol. The highest BCUT2D eigenvalue weighted by atomic mass is 19.1. The van der Waals surface area contributed by atoms with Crippen LogP contribution in [0.25, 0.3) is 0 Å². The Morgan fingerprint density at radius 1 is 1.00 bits per heavy atom. The topological polar surface area (TPSA) is 61.9 Å². The quantitative estimate of drug-likeness (QED) is 0.800. The van der Waals surface area contributed by atoms with Gasteiger partial charge in [0.05, 0.1) is 19.1 Å². The van der Waals surface area contributed by atoms with Gasteiger partial charge in [0.15, 0.2) is 0 Å². The van der Waals surface area contributed by atoms with E-state index in [4.69, 9.17) is 4.74 Å². The molecular formula is C24H28FN3O3. The molecular weight excluding hydrogens is 397 g/mol. The largest absolute Gasteiger partial charge is 0.378 e. The third-order valence-electron chi connectivity index (χ3n) is 5.97. The maximum Gasteiger partial charge on any atom is 0.246 e. The van der Waals surface area contributed by atoms with E-state index >= 15 is 0 Å². The lowest BCUT2D eigenvalue weighted by atomic mass is 9.93. The predicted octanol–water partition coefficient (Wildman–Crippen LogP) is 3.08. The van der Waals surface area contributed by atoms with Crippen LogP contribution in [-0.4, -0.2) is 61.0 Å². The summed E-state index contributed by atoms with van der Waals surface area (Å²) in [5.41, 5.74) is 1.42. The number of hydrogen-bond donors (Lipinski definition) is 1. The number of ether oxygens (including phenoxy) is 1. The number of piperidine rings is 1. The molecule has 2 aliphatic heterocycles. The summed E-state index contributed by atoms with van der Waals surface area (Å²) < 4.78 is 18.6. The van der Waals surface area contributed by atoms with Gasteiger partial charge in [0, 0.05) is 25.3 Å². The zero-order chi connectivity index (χ0) is 21.6. The van der Waals surface area contributed by atoms with Gasteiger partial charge in [0.25, 0.3) is 0 Å². The van der Waals surface area contributed by atoms with Crippen molar-refractivity contribution in [3.63, 3.8) is 0 Å². The normalized spacial score (nSPS) is 20.8. The van der Waals surface area contributed by atoms with Gasteiger partial charge in [-0.2, -0.15) is 0 Å². The van der Waals surface area contributed by atoms with Crippen molar-refractivity contribution in [2.24, 2.45) is 5.92 Å². The number of anilines is 1. The Morgan fingerprint density at radius 2 is 1.71 bits per heavy atom. The van der Waals surface area contributed by atoms with Crippen molar-refractivity contribution in [1.29, 1.82) is 0 Å². The predicted molar refractivity (Wildman–Crippen MR) is 116 cm³/mol. The molecule has 2 amide bonds. The molecule has 2 aromatic carbocycles. The van der Waals surface area contributed by atoms with Crippen LogP contribution in [0.15, 0.2) is 54.6 Å². The Kier molecular flexibility index (Phi) is 6.94. The average Bonchev–Trinajstić information content (AvgIpc) is 2.82. The molecule has 31 heavy (non-hydrogen) atoms. The lowest BCUT2D eigenvalue weighted by Gasteiger charge is -2.39. The number of morpholine rings is 1. The van der Waals surface area contributed by atoms with E-state index in [1.165, 1.54) is 12.1 Å². The summed E-state index contributed by atoms with van der Waals surface area (Å²) in [6.45, 7) is 3.69. The molecule has 2 saturated heterocycles. The second-order valence-corrected chi connectivity index (χ2v) is 8.08. The average molecular weight is 426 g/mol. The molecule has 1 N–H and O–H groups in total. The van der Waals surface area contributed by atoms with Crippen molar-refractivity contribution in [2.75, 3.05) is 44.7 Å². The van der Waals surface area contributed by atoms with Crippen LogP contribution in [0.1, 0.15) is 24.4 Å². The number of benzene rings is 2. The van der Waals surface area contributed by atoms with Crippen molar-refractivity contribution in [1.82, 2.24) is 9.80 Å². The van der Waals surface area contributed by atoms with Gasteiger partial charge in [-0.05, 0) is 49.2 Å². The summed E-state index contributed by atoms with van der Waals surface area (Å²) in [4.78, 5) is 30.4. The van der Waals surface area contributed by atoms with Crippen molar-refractivity contribution in [2.45, 2.75) is 18.9 Å². The number of halogens is 1. The molecule has 7 heteroatoms. The van der Waals surface area contributed by atoms with Gasteiger partial charge in [0.1, 0.15) is 11.9 Å². The van der Waals surface area contributed by atoms with Crippen molar-refractivity contribution >= 4 is 17.5 Å². The molecule has 0 aliphatic carbocycles. The first-order chi connectivity index (χ1) is 15.1. The van der Waals surface area contributed by atoms with Crippen LogP contribution in [0.2, 0.25) is 0 Å². The Morgan fingerprint density at radius 3 is 2.42 bits per heavy atom. The van der Waals surface area contributed by atoms with Gasteiger partial charge in [-0.1, -0.05) is 30.3 Å². The number of nitrogens with zero attached hydrogens (tertiary/aromatic N) is 2. The molecule has 164 valence electrons. The molecule has 0 radical (unpaired) electrons.